The van der Waals surface area contributed by atoms with Gasteiger partial charge in [0, 0.05) is 12.6 Å². The maximum Gasteiger partial charge on any atom is 0.00390 e. The van der Waals surface area contributed by atoms with Gasteiger partial charge in [-0.25, -0.2) is 0 Å². The van der Waals surface area contributed by atoms with E-state index in [0.29, 0.717) is 6.04 Å². The maximum absolute atomic E-state index is 5.97. The molecule has 2 rings (SSSR count). The number of nitrogens with two attached hydrogens (primary N) is 1. The van der Waals surface area contributed by atoms with Crippen LogP contribution in [0.2, 0.25) is 0 Å². The second kappa shape index (κ2) is 6.19. The highest BCUT2D eigenvalue weighted by Gasteiger charge is 2.25. The minimum atomic E-state index is 0.498. The zero-order valence-electron chi connectivity index (χ0n) is 11.7. The fraction of sp³-hybridized carbons (Fsp3) is 1.00. The molecule has 2 heteroatoms. The van der Waals surface area contributed by atoms with Crippen LogP contribution in [0, 0.1) is 17.8 Å². The third-order valence-electron chi connectivity index (χ3n) is 4.98. The van der Waals surface area contributed by atoms with Crippen LogP contribution in [0.1, 0.15) is 52.4 Å². The van der Waals surface area contributed by atoms with E-state index in [4.69, 9.17) is 5.73 Å². The van der Waals surface area contributed by atoms with Crippen molar-refractivity contribution in [1.82, 2.24) is 4.90 Å². The minimum Gasteiger partial charge on any atom is -0.328 e. The highest BCUT2D eigenvalue weighted by atomic mass is 15.1. The van der Waals surface area contributed by atoms with Crippen molar-refractivity contribution in [1.29, 1.82) is 0 Å². The van der Waals surface area contributed by atoms with Gasteiger partial charge in [0.15, 0.2) is 0 Å². The number of hydrogen-bond acceptors (Lipinski definition) is 2. The molecule has 0 radical (unpaired) electrons. The van der Waals surface area contributed by atoms with Gasteiger partial charge in [-0.3, -0.25) is 0 Å². The van der Waals surface area contributed by atoms with Crippen molar-refractivity contribution in [2.75, 3.05) is 19.6 Å². The Kier molecular flexibility index (Phi) is 4.87. The first-order chi connectivity index (χ1) is 8.15. The summed E-state index contributed by atoms with van der Waals surface area (Å²) in [5.74, 6) is 2.79. The van der Waals surface area contributed by atoms with Crippen molar-refractivity contribution < 1.29 is 0 Å². The molecule has 0 bridgehead atoms. The average molecular weight is 238 g/mol. The van der Waals surface area contributed by atoms with E-state index in [9.17, 15) is 0 Å². The number of hydrogen-bond donors (Lipinski definition) is 1. The summed E-state index contributed by atoms with van der Waals surface area (Å²) in [4.78, 5) is 2.71. The Labute approximate surface area is 107 Å². The smallest absolute Gasteiger partial charge is 0.00390 e. The molecule has 1 aliphatic carbocycles. The summed E-state index contributed by atoms with van der Waals surface area (Å²) >= 11 is 0. The van der Waals surface area contributed by atoms with Crippen LogP contribution in [0.15, 0.2) is 0 Å². The van der Waals surface area contributed by atoms with Gasteiger partial charge in [0.25, 0.3) is 0 Å². The molecule has 2 N–H and O–H groups in total. The summed E-state index contributed by atoms with van der Waals surface area (Å²) in [6.07, 6.45) is 8.09. The highest BCUT2D eigenvalue weighted by Crippen LogP contribution is 2.28. The first-order valence-electron chi connectivity index (χ1n) is 7.63. The lowest BCUT2D eigenvalue weighted by Gasteiger charge is -2.37. The second-order valence-corrected chi connectivity index (χ2v) is 6.66. The van der Waals surface area contributed by atoms with Crippen LogP contribution in [0.5, 0.6) is 0 Å². The monoisotopic (exact) mass is 238 g/mol. The lowest BCUT2D eigenvalue weighted by molar-refractivity contribution is 0.126. The van der Waals surface area contributed by atoms with Crippen molar-refractivity contribution in [2.45, 2.75) is 58.4 Å². The van der Waals surface area contributed by atoms with E-state index in [1.54, 1.807) is 0 Å². The third kappa shape index (κ3) is 3.96. The van der Waals surface area contributed by atoms with E-state index in [1.165, 1.54) is 58.2 Å². The molecule has 0 spiro atoms. The molecule has 2 fully saturated rings. The Morgan fingerprint density at radius 3 is 2.12 bits per heavy atom. The molecule has 0 unspecified atom stereocenters. The Hall–Kier alpha value is -0.0800. The Morgan fingerprint density at radius 2 is 1.59 bits per heavy atom. The predicted molar refractivity (Wildman–Crippen MR) is 73.9 cm³/mol. The normalized spacial score (nSPS) is 33.2. The third-order valence-corrected chi connectivity index (χ3v) is 4.98. The first kappa shape index (κ1) is 13.4. The van der Waals surface area contributed by atoms with Gasteiger partial charge in [0.05, 0.1) is 0 Å². The summed E-state index contributed by atoms with van der Waals surface area (Å²) in [5.41, 5.74) is 5.97. The van der Waals surface area contributed by atoms with E-state index in [1.807, 2.05) is 0 Å². The van der Waals surface area contributed by atoms with E-state index in [0.717, 1.165) is 17.8 Å². The van der Waals surface area contributed by atoms with Crippen LogP contribution in [-0.2, 0) is 0 Å². The molecule has 100 valence electrons. The summed E-state index contributed by atoms with van der Waals surface area (Å²) in [5, 5.41) is 0. The van der Waals surface area contributed by atoms with Gasteiger partial charge >= 0.3 is 0 Å². The fourth-order valence-corrected chi connectivity index (χ4v) is 3.54. The number of likely N-dealkylation sites (tertiary alicyclic amines) is 1. The van der Waals surface area contributed by atoms with Crippen molar-refractivity contribution in [2.24, 2.45) is 23.5 Å². The molecule has 17 heavy (non-hydrogen) atoms. The fourth-order valence-electron chi connectivity index (χ4n) is 3.54. The molecule has 0 aromatic rings. The highest BCUT2D eigenvalue weighted by molar-refractivity contribution is 4.80. The molecule has 1 saturated heterocycles. The van der Waals surface area contributed by atoms with Crippen molar-refractivity contribution in [3.63, 3.8) is 0 Å². The molecule has 1 saturated carbocycles. The van der Waals surface area contributed by atoms with Crippen LogP contribution < -0.4 is 5.73 Å². The van der Waals surface area contributed by atoms with Gasteiger partial charge in [-0.15, -0.1) is 0 Å². The van der Waals surface area contributed by atoms with Crippen LogP contribution >= 0.6 is 0 Å². The number of nitrogens with zero attached hydrogens (tertiary/aromatic N) is 1. The zero-order chi connectivity index (χ0) is 12.3. The maximum atomic E-state index is 5.97. The van der Waals surface area contributed by atoms with E-state index in [2.05, 4.69) is 18.7 Å². The molecule has 0 amide bonds. The van der Waals surface area contributed by atoms with Gasteiger partial charge in [-0.1, -0.05) is 13.8 Å². The molecule has 1 heterocycles. The van der Waals surface area contributed by atoms with Crippen molar-refractivity contribution in [3.05, 3.63) is 0 Å². The summed E-state index contributed by atoms with van der Waals surface area (Å²) in [6, 6.07) is 0.498. The Balaban J connectivity index is 1.67. The summed E-state index contributed by atoms with van der Waals surface area (Å²) in [6.45, 7) is 8.78. The van der Waals surface area contributed by atoms with Gasteiger partial charge in [0.1, 0.15) is 0 Å². The molecule has 0 aromatic heterocycles. The van der Waals surface area contributed by atoms with Crippen molar-refractivity contribution >= 4 is 0 Å². The Bertz CT molecular complexity index is 211. The van der Waals surface area contributed by atoms with Gasteiger partial charge in [0.2, 0.25) is 0 Å². The lowest BCUT2D eigenvalue weighted by atomic mass is 9.84. The topological polar surface area (TPSA) is 29.3 Å². The lowest BCUT2D eigenvalue weighted by Crippen LogP contribution is -2.39. The van der Waals surface area contributed by atoms with E-state index >= 15 is 0 Å². The van der Waals surface area contributed by atoms with E-state index < -0.39 is 0 Å². The van der Waals surface area contributed by atoms with Gasteiger partial charge in [-0.05, 0) is 69.4 Å². The number of rotatable bonds is 3. The van der Waals surface area contributed by atoms with Crippen LogP contribution in [0.3, 0.4) is 0 Å². The van der Waals surface area contributed by atoms with Crippen LogP contribution in [0.25, 0.3) is 0 Å². The molecule has 2 nitrogen and oxygen atoms in total. The molecular weight excluding hydrogens is 208 g/mol. The van der Waals surface area contributed by atoms with E-state index in [-0.39, 0.29) is 0 Å². The Morgan fingerprint density at radius 1 is 1.00 bits per heavy atom. The minimum absolute atomic E-state index is 0.498. The van der Waals surface area contributed by atoms with Crippen LogP contribution in [-0.4, -0.2) is 30.6 Å². The quantitative estimate of drug-likeness (QED) is 0.819. The van der Waals surface area contributed by atoms with Crippen LogP contribution in [0.4, 0.5) is 0 Å². The number of piperidine rings is 1. The second-order valence-electron chi connectivity index (χ2n) is 6.66. The van der Waals surface area contributed by atoms with Crippen molar-refractivity contribution in [3.8, 4) is 0 Å². The zero-order valence-corrected chi connectivity index (χ0v) is 11.7. The molecular formula is C15H30N2. The average Bonchev–Trinajstić information content (AvgIpc) is 2.33. The van der Waals surface area contributed by atoms with Gasteiger partial charge in [-0.2, -0.15) is 0 Å². The molecule has 0 aromatic carbocycles. The standard InChI is InChI=1S/C15H30N2/c1-12(2)14-7-9-17(10-8-14)11-13-3-5-15(16)6-4-13/h12-15H,3-11,16H2,1-2H3. The predicted octanol–water partition coefficient (Wildman–Crippen LogP) is 2.87. The summed E-state index contributed by atoms with van der Waals surface area (Å²) in [7, 11) is 0. The first-order valence-corrected chi connectivity index (χ1v) is 7.63. The largest absolute Gasteiger partial charge is 0.328 e. The molecule has 2 aliphatic rings. The molecule has 1 aliphatic heterocycles. The summed E-state index contributed by atoms with van der Waals surface area (Å²) < 4.78 is 0. The molecule has 0 atom stereocenters. The SMILES string of the molecule is CC(C)C1CCN(CC2CCC(N)CC2)CC1. The van der Waals surface area contributed by atoms with Gasteiger partial charge < -0.3 is 10.6 Å².